The highest BCUT2D eigenvalue weighted by Crippen LogP contribution is 2.16. The predicted molar refractivity (Wildman–Crippen MR) is 79.8 cm³/mol. The molecule has 1 aromatic heterocycles. The number of nitrogens with zero attached hydrogens (tertiary/aromatic N) is 2. The molecular weight excluding hydrogens is 256 g/mol. The van der Waals surface area contributed by atoms with Gasteiger partial charge in [-0.2, -0.15) is 5.10 Å². The lowest BCUT2D eigenvalue weighted by molar-refractivity contribution is 0.184. The maximum atomic E-state index is 11.8. The largest absolute Gasteiger partial charge is 0.393 e. The third-order valence-electron chi connectivity index (χ3n) is 2.92. The fraction of sp³-hybridized carbons (Fsp3) is 0.714. The number of aromatic nitrogens is 2. The van der Waals surface area contributed by atoms with Gasteiger partial charge in [0.1, 0.15) is 0 Å². The molecule has 0 aliphatic carbocycles. The Bertz CT molecular complexity index is 427. The third kappa shape index (κ3) is 5.21. The van der Waals surface area contributed by atoms with Crippen molar-refractivity contribution >= 4 is 11.7 Å². The molecule has 0 radical (unpaired) electrons. The van der Waals surface area contributed by atoms with Crippen molar-refractivity contribution in [1.82, 2.24) is 15.1 Å². The number of amides is 2. The second-order valence-corrected chi connectivity index (χ2v) is 5.45. The van der Waals surface area contributed by atoms with E-state index in [1.54, 1.807) is 13.1 Å². The maximum Gasteiger partial charge on any atom is 0.319 e. The number of aliphatic hydroxyl groups excluding tert-OH is 1. The highest BCUT2D eigenvalue weighted by molar-refractivity contribution is 5.89. The Kier molecular flexibility index (Phi) is 6.51. The average molecular weight is 282 g/mol. The Balaban J connectivity index is 2.58. The van der Waals surface area contributed by atoms with Crippen molar-refractivity contribution in [2.24, 2.45) is 5.92 Å². The van der Waals surface area contributed by atoms with Crippen LogP contribution in [0.15, 0.2) is 6.20 Å². The van der Waals surface area contributed by atoms with Gasteiger partial charge in [0.2, 0.25) is 0 Å². The van der Waals surface area contributed by atoms with Crippen LogP contribution in [0.4, 0.5) is 10.5 Å². The van der Waals surface area contributed by atoms with Crippen molar-refractivity contribution in [3.05, 3.63) is 11.9 Å². The first-order valence-electron chi connectivity index (χ1n) is 7.21. The van der Waals surface area contributed by atoms with Gasteiger partial charge in [-0.3, -0.25) is 4.68 Å². The van der Waals surface area contributed by atoms with E-state index in [0.29, 0.717) is 18.9 Å². The van der Waals surface area contributed by atoms with Gasteiger partial charge < -0.3 is 15.7 Å². The fourth-order valence-electron chi connectivity index (χ4n) is 1.95. The minimum atomic E-state index is -0.407. The summed E-state index contributed by atoms with van der Waals surface area (Å²) in [7, 11) is 0. The topological polar surface area (TPSA) is 79.2 Å². The number of hydrogen-bond donors (Lipinski definition) is 3. The van der Waals surface area contributed by atoms with Gasteiger partial charge in [0.05, 0.1) is 23.7 Å². The second kappa shape index (κ2) is 7.89. The second-order valence-electron chi connectivity index (χ2n) is 5.45. The van der Waals surface area contributed by atoms with Crippen LogP contribution in [0.3, 0.4) is 0 Å². The molecule has 0 aliphatic heterocycles. The van der Waals surface area contributed by atoms with Gasteiger partial charge in [0.25, 0.3) is 0 Å². The highest BCUT2D eigenvalue weighted by Gasteiger charge is 2.12. The van der Waals surface area contributed by atoms with Gasteiger partial charge in [-0.1, -0.05) is 20.8 Å². The monoisotopic (exact) mass is 282 g/mol. The molecule has 6 nitrogen and oxygen atoms in total. The molecule has 0 spiro atoms. The van der Waals surface area contributed by atoms with Crippen LogP contribution in [0.1, 0.15) is 39.8 Å². The molecule has 1 rings (SSSR count). The molecule has 20 heavy (non-hydrogen) atoms. The van der Waals surface area contributed by atoms with Gasteiger partial charge in [0, 0.05) is 13.1 Å². The van der Waals surface area contributed by atoms with E-state index in [2.05, 4.69) is 29.6 Å². The van der Waals surface area contributed by atoms with Gasteiger partial charge in [-0.25, -0.2) is 4.79 Å². The average Bonchev–Trinajstić information content (AvgIpc) is 2.69. The Hall–Kier alpha value is -1.56. The number of rotatable bonds is 7. The zero-order valence-electron chi connectivity index (χ0n) is 12.8. The van der Waals surface area contributed by atoms with Crippen LogP contribution in [0.5, 0.6) is 0 Å². The molecule has 0 aliphatic rings. The lowest BCUT2D eigenvalue weighted by atomic mass is 10.2. The summed E-state index contributed by atoms with van der Waals surface area (Å²) in [6.07, 6.45) is 2.64. The molecule has 1 unspecified atom stereocenters. The van der Waals surface area contributed by atoms with Crippen LogP contribution in [-0.2, 0) is 13.0 Å². The van der Waals surface area contributed by atoms with Crippen LogP contribution < -0.4 is 10.6 Å². The van der Waals surface area contributed by atoms with Crippen LogP contribution in [0.2, 0.25) is 0 Å². The summed E-state index contributed by atoms with van der Waals surface area (Å²) in [5, 5.41) is 19.0. The molecule has 0 aromatic carbocycles. The van der Waals surface area contributed by atoms with Crippen molar-refractivity contribution in [3.63, 3.8) is 0 Å². The molecule has 0 saturated carbocycles. The standard InChI is InChI=1S/C14H26N4O2/c1-5-13-12(8-16-18(13)9-10(2)3)17-14(20)15-7-6-11(4)19/h8,10-11,19H,5-7,9H2,1-4H3,(H2,15,17,20). The van der Waals surface area contributed by atoms with Crippen molar-refractivity contribution in [2.45, 2.75) is 53.2 Å². The summed E-state index contributed by atoms with van der Waals surface area (Å²) in [4.78, 5) is 11.8. The van der Waals surface area contributed by atoms with Crippen LogP contribution in [0.25, 0.3) is 0 Å². The number of anilines is 1. The quantitative estimate of drug-likeness (QED) is 0.715. The summed E-state index contributed by atoms with van der Waals surface area (Å²) < 4.78 is 1.94. The number of aliphatic hydroxyl groups is 1. The Labute approximate surface area is 120 Å². The minimum Gasteiger partial charge on any atom is -0.393 e. The molecule has 3 N–H and O–H groups in total. The summed E-state index contributed by atoms with van der Waals surface area (Å²) in [5.74, 6) is 0.507. The van der Waals surface area contributed by atoms with E-state index in [1.807, 2.05) is 11.6 Å². The third-order valence-corrected chi connectivity index (χ3v) is 2.92. The van der Waals surface area contributed by atoms with Gasteiger partial charge >= 0.3 is 6.03 Å². The summed E-state index contributed by atoms with van der Waals surface area (Å²) >= 11 is 0. The van der Waals surface area contributed by atoms with Crippen LogP contribution >= 0.6 is 0 Å². The SMILES string of the molecule is CCc1c(NC(=O)NCCC(C)O)cnn1CC(C)C. The van der Waals surface area contributed by atoms with E-state index in [4.69, 9.17) is 5.11 Å². The van der Waals surface area contributed by atoms with Crippen molar-refractivity contribution in [3.8, 4) is 0 Å². The first kappa shape index (κ1) is 16.5. The first-order valence-corrected chi connectivity index (χ1v) is 7.21. The van der Waals surface area contributed by atoms with Crippen molar-refractivity contribution in [1.29, 1.82) is 0 Å². The zero-order chi connectivity index (χ0) is 15.1. The molecule has 2 amide bonds. The molecule has 0 saturated heterocycles. The molecule has 1 heterocycles. The first-order chi connectivity index (χ1) is 9.43. The number of carbonyl (C=O) groups excluding carboxylic acids is 1. The molecule has 0 bridgehead atoms. The molecule has 6 heteroatoms. The molecule has 1 aromatic rings. The van der Waals surface area contributed by atoms with E-state index in [-0.39, 0.29) is 6.03 Å². The lowest BCUT2D eigenvalue weighted by Crippen LogP contribution is -2.31. The predicted octanol–water partition coefficient (Wildman–Crippen LogP) is 1.99. The highest BCUT2D eigenvalue weighted by atomic mass is 16.3. The van der Waals surface area contributed by atoms with E-state index >= 15 is 0 Å². The fourth-order valence-corrected chi connectivity index (χ4v) is 1.95. The Morgan fingerprint density at radius 1 is 1.45 bits per heavy atom. The molecule has 1 atom stereocenters. The lowest BCUT2D eigenvalue weighted by Gasteiger charge is -2.11. The Morgan fingerprint density at radius 3 is 2.70 bits per heavy atom. The van der Waals surface area contributed by atoms with Crippen molar-refractivity contribution in [2.75, 3.05) is 11.9 Å². The summed E-state index contributed by atoms with van der Waals surface area (Å²) in [6.45, 7) is 9.31. The van der Waals surface area contributed by atoms with E-state index in [9.17, 15) is 4.79 Å². The van der Waals surface area contributed by atoms with E-state index < -0.39 is 6.10 Å². The van der Waals surface area contributed by atoms with Gasteiger partial charge in [-0.15, -0.1) is 0 Å². The zero-order valence-corrected chi connectivity index (χ0v) is 12.8. The van der Waals surface area contributed by atoms with E-state index in [1.165, 1.54) is 0 Å². The van der Waals surface area contributed by atoms with Crippen molar-refractivity contribution < 1.29 is 9.90 Å². The summed E-state index contributed by atoms with van der Waals surface area (Å²) in [6, 6.07) is -0.260. The molecular formula is C14H26N4O2. The maximum absolute atomic E-state index is 11.8. The van der Waals surface area contributed by atoms with Gasteiger partial charge in [0.15, 0.2) is 0 Å². The van der Waals surface area contributed by atoms with Crippen LogP contribution in [0, 0.1) is 5.92 Å². The van der Waals surface area contributed by atoms with E-state index in [0.717, 1.165) is 24.3 Å². The number of carbonyl (C=O) groups is 1. The number of nitrogens with one attached hydrogen (secondary N) is 2. The number of hydrogen-bond acceptors (Lipinski definition) is 3. The smallest absolute Gasteiger partial charge is 0.319 e. The molecule has 0 fully saturated rings. The van der Waals surface area contributed by atoms with Gasteiger partial charge in [-0.05, 0) is 25.7 Å². The Morgan fingerprint density at radius 2 is 2.15 bits per heavy atom. The minimum absolute atomic E-state index is 0.260. The molecule has 114 valence electrons. The normalized spacial score (nSPS) is 12.5. The summed E-state index contributed by atoms with van der Waals surface area (Å²) in [5.41, 5.74) is 1.78. The van der Waals surface area contributed by atoms with Crippen LogP contribution in [-0.4, -0.2) is 33.6 Å². The number of urea groups is 1.